The minimum absolute atomic E-state index is 0.248. The molecule has 0 aliphatic carbocycles. The summed E-state index contributed by atoms with van der Waals surface area (Å²) < 4.78 is 5.26. The number of imide groups is 1. The van der Waals surface area contributed by atoms with Crippen molar-refractivity contribution in [1.29, 1.82) is 0 Å². The third kappa shape index (κ3) is 3.83. The molecule has 7 heteroatoms. The summed E-state index contributed by atoms with van der Waals surface area (Å²) >= 11 is 0. The van der Waals surface area contributed by atoms with E-state index in [0.717, 1.165) is 21.6 Å². The fourth-order valence-electron chi connectivity index (χ4n) is 3.59. The number of ether oxygens (including phenoxy) is 1. The highest BCUT2D eigenvalue weighted by molar-refractivity contribution is 6.22. The van der Waals surface area contributed by atoms with Crippen LogP contribution >= 0.6 is 0 Å². The zero-order valence-electron chi connectivity index (χ0n) is 17.6. The Hall–Kier alpha value is -3.48. The Balaban J connectivity index is 1.68. The standard InChI is InChI=1S/C23H24N2O5/c1-12-10-13(2)19(14(3)11-12)24-20(26)16(5)30-23(29)15(4)25-21(27)17-8-6-7-9-18(17)22(25)28/h6-11,15-16H,1-5H3,(H,24,26)/t15-,16-/m0/s1. The van der Waals surface area contributed by atoms with E-state index < -0.39 is 35.8 Å². The first-order chi connectivity index (χ1) is 14.1. The van der Waals surface area contributed by atoms with Crippen LogP contribution in [0.5, 0.6) is 0 Å². The van der Waals surface area contributed by atoms with E-state index in [9.17, 15) is 19.2 Å². The van der Waals surface area contributed by atoms with Gasteiger partial charge >= 0.3 is 5.97 Å². The van der Waals surface area contributed by atoms with Crippen molar-refractivity contribution in [1.82, 2.24) is 4.90 Å². The van der Waals surface area contributed by atoms with Gasteiger partial charge in [-0.15, -0.1) is 0 Å². The molecule has 0 bridgehead atoms. The number of carbonyl (C=O) groups excluding carboxylic acids is 4. The van der Waals surface area contributed by atoms with Crippen LogP contribution < -0.4 is 5.32 Å². The summed E-state index contributed by atoms with van der Waals surface area (Å²) in [4.78, 5) is 51.1. The molecule has 0 saturated heterocycles. The van der Waals surface area contributed by atoms with E-state index in [4.69, 9.17) is 4.74 Å². The van der Waals surface area contributed by atoms with Crippen molar-refractivity contribution in [3.05, 3.63) is 64.2 Å². The average Bonchev–Trinajstić information content (AvgIpc) is 2.94. The second-order valence-electron chi connectivity index (χ2n) is 7.54. The van der Waals surface area contributed by atoms with Crippen LogP contribution in [0.3, 0.4) is 0 Å². The number of fused-ring (bicyclic) bond motifs is 1. The van der Waals surface area contributed by atoms with Crippen molar-refractivity contribution in [3.63, 3.8) is 0 Å². The van der Waals surface area contributed by atoms with Gasteiger partial charge < -0.3 is 10.1 Å². The molecule has 1 N–H and O–H groups in total. The zero-order valence-corrected chi connectivity index (χ0v) is 17.6. The predicted molar refractivity (Wildman–Crippen MR) is 111 cm³/mol. The van der Waals surface area contributed by atoms with Crippen molar-refractivity contribution in [3.8, 4) is 0 Å². The Kier molecular flexibility index (Phi) is 5.73. The minimum Gasteiger partial charge on any atom is -0.451 e. The van der Waals surface area contributed by atoms with Gasteiger partial charge in [0.2, 0.25) is 0 Å². The second-order valence-corrected chi connectivity index (χ2v) is 7.54. The Morgan fingerprint density at radius 2 is 1.43 bits per heavy atom. The van der Waals surface area contributed by atoms with Crippen LogP contribution in [-0.2, 0) is 14.3 Å². The molecule has 7 nitrogen and oxygen atoms in total. The maximum absolute atomic E-state index is 12.6. The van der Waals surface area contributed by atoms with Crippen LogP contribution in [-0.4, -0.2) is 40.7 Å². The number of amides is 3. The number of esters is 1. The van der Waals surface area contributed by atoms with Gasteiger partial charge in [-0.3, -0.25) is 19.3 Å². The quantitative estimate of drug-likeness (QED) is 0.606. The Labute approximate surface area is 175 Å². The van der Waals surface area contributed by atoms with Gasteiger partial charge in [0.25, 0.3) is 17.7 Å². The van der Waals surface area contributed by atoms with Crippen LogP contribution in [0.1, 0.15) is 51.3 Å². The number of hydrogen-bond donors (Lipinski definition) is 1. The van der Waals surface area contributed by atoms with Crippen LogP contribution in [0.4, 0.5) is 5.69 Å². The smallest absolute Gasteiger partial charge is 0.329 e. The number of nitrogens with zero attached hydrogens (tertiary/aromatic N) is 1. The van der Waals surface area contributed by atoms with Crippen molar-refractivity contribution < 1.29 is 23.9 Å². The molecule has 0 saturated carbocycles. The molecule has 3 amide bonds. The second kappa shape index (κ2) is 8.10. The molecule has 1 aliphatic rings. The summed E-state index contributed by atoms with van der Waals surface area (Å²) in [7, 11) is 0. The minimum atomic E-state index is -1.16. The monoisotopic (exact) mass is 408 g/mol. The molecular weight excluding hydrogens is 384 g/mol. The summed E-state index contributed by atoms with van der Waals surface area (Å²) in [6.07, 6.45) is -1.10. The Morgan fingerprint density at radius 1 is 0.933 bits per heavy atom. The van der Waals surface area contributed by atoms with E-state index >= 15 is 0 Å². The van der Waals surface area contributed by atoms with Crippen LogP contribution in [0, 0.1) is 20.8 Å². The lowest BCUT2D eigenvalue weighted by atomic mass is 10.0. The fraction of sp³-hybridized carbons (Fsp3) is 0.304. The first-order valence-corrected chi connectivity index (χ1v) is 9.68. The van der Waals surface area contributed by atoms with E-state index in [-0.39, 0.29) is 11.1 Å². The molecule has 2 aromatic rings. The molecule has 0 spiro atoms. The van der Waals surface area contributed by atoms with Gasteiger partial charge in [0, 0.05) is 5.69 Å². The summed E-state index contributed by atoms with van der Waals surface area (Å²) in [6.45, 7) is 8.59. The van der Waals surface area contributed by atoms with Gasteiger partial charge in [0.1, 0.15) is 6.04 Å². The lowest BCUT2D eigenvalue weighted by Crippen LogP contribution is -2.45. The van der Waals surface area contributed by atoms with Gasteiger partial charge in [-0.05, 0) is 57.9 Å². The molecule has 2 aromatic carbocycles. The molecule has 0 radical (unpaired) electrons. The molecule has 156 valence electrons. The number of aryl methyl sites for hydroxylation is 3. The lowest BCUT2D eigenvalue weighted by Gasteiger charge is -2.23. The van der Waals surface area contributed by atoms with Crippen LogP contribution in [0.2, 0.25) is 0 Å². The summed E-state index contributed by atoms with van der Waals surface area (Å²) in [5.41, 5.74) is 4.05. The number of anilines is 1. The Morgan fingerprint density at radius 3 is 1.93 bits per heavy atom. The number of nitrogens with one attached hydrogen (secondary N) is 1. The first kappa shape index (κ1) is 21.2. The molecule has 30 heavy (non-hydrogen) atoms. The number of rotatable bonds is 5. The first-order valence-electron chi connectivity index (χ1n) is 9.68. The third-order valence-corrected chi connectivity index (χ3v) is 5.14. The van der Waals surface area contributed by atoms with Crippen LogP contribution in [0.25, 0.3) is 0 Å². The highest BCUT2D eigenvalue weighted by atomic mass is 16.5. The van der Waals surface area contributed by atoms with Crippen molar-refractivity contribution >= 4 is 29.4 Å². The number of hydrogen-bond acceptors (Lipinski definition) is 5. The maximum atomic E-state index is 12.6. The van der Waals surface area contributed by atoms with Gasteiger partial charge in [-0.2, -0.15) is 0 Å². The number of carbonyl (C=O) groups is 4. The highest BCUT2D eigenvalue weighted by Crippen LogP contribution is 2.25. The molecular formula is C23H24N2O5. The van der Waals surface area contributed by atoms with Gasteiger partial charge in [-0.25, -0.2) is 4.79 Å². The van der Waals surface area contributed by atoms with Gasteiger partial charge in [0.15, 0.2) is 6.10 Å². The molecule has 1 aliphatic heterocycles. The van der Waals surface area contributed by atoms with E-state index in [1.165, 1.54) is 26.0 Å². The van der Waals surface area contributed by atoms with Gasteiger partial charge in [-0.1, -0.05) is 29.8 Å². The van der Waals surface area contributed by atoms with Crippen LogP contribution in [0.15, 0.2) is 36.4 Å². The highest BCUT2D eigenvalue weighted by Gasteiger charge is 2.41. The van der Waals surface area contributed by atoms with Crippen molar-refractivity contribution in [2.45, 2.75) is 46.8 Å². The molecule has 0 fully saturated rings. The molecule has 2 atom stereocenters. The Bertz CT molecular complexity index is 1000. The number of benzene rings is 2. The van der Waals surface area contributed by atoms with Gasteiger partial charge in [0.05, 0.1) is 11.1 Å². The van der Waals surface area contributed by atoms with E-state index in [1.54, 1.807) is 12.1 Å². The third-order valence-electron chi connectivity index (χ3n) is 5.14. The molecule has 3 rings (SSSR count). The van der Waals surface area contributed by atoms with E-state index in [0.29, 0.717) is 5.69 Å². The van der Waals surface area contributed by atoms with Crippen molar-refractivity contribution in [2.24, 2.45) is 0 Å². The normalized spacial score (nSPS) is 14.9. The van der Waals surface area contributed by atoms with E-state index in [2.05, 4.69) is 5.32 Å². The maximum Gasteiger partial charge on any atom is 0.329 e. The van der Waals surface area contributed by atoms with Crippen molar-refractivity contribution in [2.75, 3.05) is 5.32 Å². The predicted octanol–water partition coefficient (Wildman–Crippen LogP) is 3.17. The zero-order chi connectivity index (χ0) is 22.2. The summed E-state index contributed by atoms with van der Waals surface area (Å²) in [5.74, 6) is -2.43. The average molecular weight is 408 g/mol. The van der Waals surface area contributed by atoms with E-state index in [1.807, 2.05) is 32.9 Å². The molecule has 0 aromatic heterocycles. The molecule has 1 heterocycles. The molecule has 0 unspecified atom stereocenters. The summed E-state index contributed by atoms with van der Waals surface area (Å²) in [6, 6.07) is 9.12. The largest absolute Gasteiger partial charge is 0.451 e. The SMILES string of the molecule is Cc1cc(C)c(NC(=O)[C@H](C)OC(=O)[C@H](C)N2C(=O)c3ccccc3C2=O)c(C)c1. The topological polar surface area (TPSA) is 92.8 Å². The fourth-order valence-corrected chi connectivity index (χ4v) is 3.59. The lowest BCUT2D eigenvalue weighted by molar-refractivity contribution is -0.156. The summed E-state index contributed by atoms with van der Waals surface area (Å²) in [5, 5.41) is 2.79.